The molecule has 3 aromatic carbocycles. The van der Waals surface area contributed by atoms with Gasteiger partial charge in [-0.2, -0.15) is 0 Å². The lowest BCUT2D eigenvalue weighted by molar-refractivity contribution is 0.394. The zero-order chi connectivity index (χ0) is 17.8. The lowest BCUT2D eigenvalue weighted by atomic mass is 9.98. The van der Waals surface area contributed by atoms with Gasteiger partial charge in [-0.05, 0) is 57.5 Å². The fraction of sp³-hybridized carbons (Fsp3) is 0.143. The zero-order valence-electron chi connectivity index (χ0n) is 14.4. The van der Waals surface area contributed by atoms with E-state index in [2.05, 4.69) is 46.9 Å². The zero-order valence-corrected chi connectivity index (χ0v) is 16.5. The van der Waals surface area contributed by atoms with Crippen molar-refractivity contribution in [1.29, 1.82) is 0 Å². The summed E-state index contributed by atoms with van der Waals surface area (Å²) in [6.07, 6.45) is 0. The highest BCUT2D eigenvalue weighted by Crippen LogP contribution is 2.39. The molecular formula is C21H19IO3. The molecule has 0 aliphatic heterocycles. The molecule has 0 saturated heterocycles. The number of para-hydroxylation sites is 1. The Morgan fingerprint density at radius 1 is 0.640 bits per heavy atom. The maximum absolute atomic E-state index is 5.53. The molecule has 25 heavy (non-hydrogen) atoms. The predicted molar refractivity (Wildman–Crippen MR) is 110 cm³/mol. The number of halogens is 1. The second-order valence-electron chi connectivity index (χ2n) is 5.47. The number of hydrogen-bond acceptors (Lipinski definition) is 3. The third-order valence-corrected chi connectivity index (χ3v) is 5.22. The monoisotopic (exact) mass is 446 g/mol. The normalized spacial score (nSPS) is 10.4. The Bertz CT molecular complexity index is 868. The highest BCUT2D eigenvalue weighted by molar-refractivity contribution is 14.1. The van der Waals surface area contributed by atoms with Gasteiger partial charge in [-0.25, -0.2) is 0 Å². The molecule has 0 saturated carbocycles. The predicted octanol–water partition coefficient (Wildman–Crippen LogP) is 5.65. The van der Waals surface area contributed by atoms with Crippen LogP contribution in [0.15, 0.2) is 60.7 Å². The molecule has 3 aromatic rings. The summed E-state index contributed by atoms with van der Waals surface area (Å²) in [6, 6.07) is 20.2. The van der Waals surface area contributed by atoms with Crippen LogP contribution in [0.2, 0.25) is 0 Å². The fourth-order valence-electron chi connectivity index (χ4n) is 2.79. The van der Waals surface area contributed by atoms with E-state index in [-0.39, 0.29) is 0 Å². The van der Waals surface area contributed by atoms with Crippen LogP contribution in [0.25, 0.3) is 22.3 Å². The number of hydrogen-bond donors (Lipinski definition) is 0. The van der Waals surface area contributed by atoms with Crippen molar-refractivity contribution in [3.63, 3.8) is 0 Å². The molecule has 4 heteroatoms. The quantitative estimate of drug-likeness (QED) is 0.474. The Morgan fingerprint density at radius 3 is 1.88 bits per heavy atom. The van der Waals surface area contributed by atoms with Crippen LogP contribution in [0.1, 0.15) is 0 Å². The van der Waals surface area contributed by atoms with E-state index < -0.39 is 0 Å². The summed E-state index contributed by atoms with van der Waals surface area (Å²) in [5.41, 5.74) is 4.39. The second-order valence-corrected chi connectivity index (χ2v) is 6.55. The second kappa shape index (κ2) is 7.78. The summed E-state index contributed by atoms with van der Waals surface area (Å²) in [7, 11) is 5.02. The van der Waals surface area contributed by atoms with Gasteiger partial charge in [0.15, 0.2) is 0 Å². The number of rotatable bonds is 5. The largest absolute Gasteiger partial charge is 0.497 e. The van der Waals surface area contributed by atoms with Crippen molar-refractivity contribution in [3.8, 4) is 39.5 Å². The Morgan fingerprint density at radius 2 is 1.24 bits per heavy atom. The average Bonchev–Trinajstić information content (AvgIpc) is 2.67. The van der Waals surface area contributed by atoms with Crippen molar-refractivity contribution in [2.75, 3.05) is 21.3 Å². The van der Waals surface area contributed by atoms with Gasteiger partial charge in [-0.1, -0.05) is 36.4 Å². The van der Waals surface area contributed by atoms with E-state index in [1.165, 1.54) is 0 Å². The molecular weight excluding hydrogens is 427 g/mol. The van der Waals surface area contributed by atoms with Crippen molar-refractivity contribution in [1.82, 2.24) is 0 Å². The molecule has 0 aliphatic rings. The fourth-order valence-corrected chi connectivity index (χ4v) is 3.75. The number of methoxy groups -OCH3 is 3. The van der Waals surface area contributed by atoms with Gasteiger partial charge < -0.3 is 14.2 Å². The van der Waals surface area contributed by atoms with E-state index >= 15 is 0 Å². The minimum Gasteiger partial charge on any atom is -0.497 e. The van der Waals surface area contributed by atoms with E-state index in [0.717, 1.165) is 43.1 Å². The maximum atomic E-state index is 5.53. The van der Waals surface area contributed by atoms with Crippen molar-refractivity contribution < 1.29 is 14.2 Å². The van der Waals surface area contributed by atoms with E-state index in [1.54, 1.807) is 21.3 Å². The van der Waals surface area contributed by atoms with Crippen LogP contribution < -0.4 is 14.2 Å². The molecule has 0 N–H and O–H groups in total. The minimum absolute atomic E-state index is 0.771. The number of ether oxygens (including phenoxy) is 3. The molecule has 3 rings (SSSR count). The summed E-state index contributed by atoms with van der Waals surface area (Å²) in [5.74, 6) is 2.40. The van der Waals surface area contributed by atoms with Crippen molar-refractivity contribution in [2.24, 2.45) is 0 Å². The van der Waals surface area contributed by atoms with Gasteiger partial charge in [0.2, 0.25) is 0 Å². The Balaban J connectivity index is 2.17. The molecule has 3 nitrogen and oxygen atoms in total. The first-order valence-corrected chi connectivity index (χ1v) is 8.91. The van der Waals surface area contributed by atoms with Crippen molar-refractivity contribution in [3.05, 3.63) is 64.2 Å². The van der Waals surface area contributed by atoms with E-state index in [4.69, 9.17) is 14.2 Å². The van der Waals surface area contributed by atoms with Crippen LogP contribution in [0.3, 0.4) is 0 Å². The van der Waals surface area contributed by atoms with Gasteiger partial charge in [0, 0.05) is 15.2 Å². The van der Waals surface area contributed by atoms with Crippen LogP contribution in [-0.2, 0) is 0 Å². The summed E-state index contributed by atoms with van der Waals surface area (Å²) >= 11 is 2.39. The Labute approximate surface area is 161 Å². The SMILES string of the molecule is COc1cc(OC)cc(-c2cccc(-c3ccccc3OC)c2I)c1. The van der Waals surface area contributed by atoms with Crippen molar-refractivity contribution >= 4 is 22.6 Å². The van der Waals surface area contributed by atoms with E-state index in [1.807, 2.05) is 36.4 Å². The molecule has 0 bridgehead atoms. The van der Waals surface area contributed by atoms with Gasteiger partial charge in [0.1, 0.15) is 17.2 Å². The van der Waals surface area contributed by atoms with Gasteiger partial charge in [0.05, 0.1) is 21.3 Å². The molecule has 0 heterocycles. The smallest absolute Gasteiger partial charge is 0.126 e. The van der Waals surface area contributed by atoms with Crippen LogP contribution >= 0.6 is 22.6 Å². The van der Waals surface area contributed by atoms with Crippen LogP contribution in [0.4, 0.5) is 0 Å². The summed E-state index contributed by atoms with van der Waals surface area (Å²) < 4.78 is 17.5. The first kappa shape index (κ1) is 17.6. The molecule has 0 amide bonds. The molecule has 0 aliphatic carbocycles. The molecule has 0 fully saturated rings. The van der Waals surface area contributed by atoms with Crippen LogP contribution in [0.5, 0.6) is 17.2 Å². The average molecular weight is 446 g/mol. The van der Waals surface area contributed by atoms with Crippen LogP contribution in [0, 0.1) is 3.57 Å². The first-order chi connectivity index (χ1) is 12.2. The van der Waals surface area contributed by atoms with Gasteiger partial charge in [0.25, 0.3) is 0 Å². The van der Waals surface area contributed by atoms with E-state index in [0.29, 0.717) is 0 Å². The molecule has 0 radical (unpaired) electrons. The third kappa shape index (κ3) is 3.58. The lowest BCUT2D eigenvalue weighted by Gasteiger charge is -2.14. The summed E-state index contributed by atoms with van der Waals surface area (Å²) in [5, 5.41) is 0. The van der Waals surface area contributed by atoms with Crippen molar-refractivity contribution in [2.45, 2.75) is 0 Å². The third-order valence-electron chi connectivity index (χ3n) is 4.06. The van der Waals surface area contributed by atoms with Crippen LogP contribution in [-0.4, -0.2) is 21.3 Å². The summed E-state index contributed by atoms with van der Waals surface area (Å²) in [4.78, 5) is 0. The van der Waals surface area contributed by atoms with Gasteiger partial charge >= 0.3 is 0 Å². The Kier molecular flexibility index (Phi) is 5.48. The highest BCUT2D eigenvalue weighted by Gasteiger charge is 2.14. The maximum Gasteiger partial charge on any atom is 0.126 e. The molecule has 0 unspecified atom stereocenters. The molecule has 0 spiro atoms. The standard InChI is InChI=1S/C21H19IO3/c1-23-15-11-14(12-16(13-15)24-2)17-8-6-9-19(21(17)22)18-7-4-5-10-20(18)25-3/h4-13H,1-3H3. The first-order valence-electron chi connectivity index (χ1n) is 7.83. The topological polar surface area (TPSA) is 27.7 Å². The number of benzene rings is 3. The minimum atomic E-state index is 0.771. The summed E-state index contributed by atoms with van der Waals surface area (Å²) in [6.45, 7) is 0. The molecule has 0 atom stereocenters. The van der Waals surface area contributed by atoms with Gasteiger partial charge in [-0.3, -0.25) is 0 Å². The highest BCUT2D eigenvalue weighted by atomic mass is 127. The molecule has 128 valence electrons. The van der Waals surface area contributed by atoms with E-state index in [9.17, 15) is 0 Å². The van der Waals surface area contributed by atoms with Gasteiger partial charge in [-0.15, -0.1) is 0 Å². The Hall–Kier alpha value is -2.21. The lowest BCUT2D eigenvalue weighted by Crippen LogP contribution is -1.93. The molecule has 0 aromatic heterocycles.